The first kappa shape index (κ1) is 18.3. The zero-order valence-electron chi connectivity index (χ0n) is 13.0. The molecule has 1 unspecified atom stereocenters. The Morgan fingerprint density at radius 3 is 2.65 bits per heavy atom. The van der Waals surface area contributed by atoms with Crippen LogP contribution in [0.15, 0.2) is 22.8 Å². The number of nitrogens with zero attached hydrogens (tertiary/aromatic N) is 2. The Balaban J connectivity index is 1.64. The van der Waals surface area contributed by atoms with Crippen LogP contribution >= 0.6 is 0 Å². The summed E-state index contributed by atoms with van der Waals surface area (Å²) in [6, 6.07) is 3.55. The minimum atomic E-state index is -4.16. The zero-order valence-corrected chi connectivity index (χ0v) is 13.0. The van der Waals surface area contributed by atoms with E-state index in [0.717, 1.165) is 0 Å². The lowest BCUT2D eigenvalue weighted by atomic mass is 10.3. The number of halogens is 3. The fourth-order valence-corrected chi connectivity index (χ4v) is 2.66. The van der Waals surface area contributed by atoms with Gasteiger partial charge in [-0.15, -0.1) is 0 Å². The van der Waals surface area contributed by atoms with E-state index in [1.807, 2.05) is 4.90 Å². The van der Waals surface area contributed by atoms with Gasteiger partial charge in [0.15, 0.2) is 0 Å². The number of β-amino-alcohol motifs (C(OH)–C–C–N with tert-alkyl or cyclic N) is 1. The summed E-state index contributed by atoms with van der Waals surface area (Å²) in [5.41, 5.74) is 0. The van der Waals surface area contributed by atoms with Crippen molar-refractivity contribution in [3.05, 3.63) is 24.2 Å². The molecule has 1 aromatic heterocycles. The summed E-state index contributed by atoms with van der Waals surface area (Å²) >= 11 is 0. The Kier molecular flexibility index (Phi) is 6.88. The van der Waals surface area contributed by atoms with Crippen molar-refractivity contribution in [2.45, 2.75) is 25.3 Å². The second-order valence-electron chi connectivity index (χ2n) is 5.79. The van der Waals surface area contributed by atoms with E-state index in [0.29, 0.717) is 51.5 Å². The van der Waals surface area contributed by atoms with E-state index in [9.17, 15) is 18.3 Å². The van der Waals surface area contributed by atoms with Gasteiger partial charge in [-0.2, -0.15) is 13.2 Å². The lowest BCUT2D eigenvalue weighted by molar-refractivity contribution is -0.145. The predicted molar refractivity (Wildman–Crippen MR) is 77.9 cm³/mol. The van der Waals surface area contributed by atoms with E-state index in [2.05, 4.69) is 0 Å². The highest BCUT2D eigenvalue weighted by Crippen LogP contribution is 2.17. The van der Waals surface area contributed by atoms with Crippen LogP contribution in [0.1, 0.15) is 12.2 Å². The molecule has 1 aromatic rings. The van der Waals surface area contributed by atoms with Crippen LogP contribution in [0.25, 0.3) is 0 Å². The van der Waals surface area contributed by atoms with Gasteiger partial charge < -0.3 is 14.3 Å². The van der Waals surface area contributed by atoms with Crippen molar-refractivity contribution >= 4 is 0 Å². The summed E-state index contributed by atoms with van der Waals surface area (Å²) in [5, 5.41) is 9.98. The summed E-state index contributed by atoms with van der Waals surface area (Å²) in [6.07, 6.45) is -2.61. The van der Waals surface area contributed by atoms with E-state index in [4.69, 9.17) is 9.15 Å². The molecule has 0 bridgehead atoms. The topological polar surface area (TPSA) is 49.1 Å². The van der Waals surface area contributed by atoms with E-state index in [1.54, 1.807) is 18.4 Å². The second kappa shape index (κ2) is 8.68. The van der Waals surface area contributed by atoms with Gasteiger partial charge in [0.05, 0.1) is 25.5 Å². The standard InChI is InChI=1S/C15H23F3N2O3/c16-15(17,18)12-20-5-2-4-19(6-7-20)9-13(21)10-22-11-14-3-1-8-23-14/h1,3,8,13,21H,2,4-7,9-12H2. The Bertz CT molecular complexity index is 440. The van der Waals surface area contributed by atoms with Gasteiger partial charge in [-0.1, -0.05) is 0 Å². The van der Waals surface area contributed by atoms with Crippen LogP contribution in [0.5, 0.6) is 0 Å². The molecule has 1 saturated heterocycles. The molecular formula is C15H23F3N2O3. The highest BCUT2D eigenvalue weighted by Gasteiger charge is 2.31. The first-order valence-electron chi connectivity index (χ1n) is 7.72. The molecule has 0 amide bonds. The van der Waals surface area contributed by atoms with Gasteiger partial charge in [0.1, 0.15) is 12.4 Å². The van der Waals surface area contributed by atoms with Crippen molar-refractivity contribution in [2.75, 3.05) is 45.9 Å². The highest BCUT2D eigenvalue weighted by atomic mass is 19.4. The van der Waals surface area contributed by atoms with E-state index >= 15 is 0 Å². The third-order valence-electron chi connectivity index (χ3n) is 3.69. The molecule has 0 aliphatic carbocycles. The molecule has 1 aliphatic rings. The van der Waals surface area contributed by atoms with Gasteiger partial charge in [0.25, 0.3) is 0 Å². The molecule has 1 N–H and O–H groups in total. The quantitative estimate of drug-likeness (QED) is 0.822. The molecule has 0 aromatic carbocycles. The maximum absolute atomic E-state index is 12.4. The Labute approximate surface area is 133 Å². The number of hydrogen-bond donors (Lipinski definition) is 1. The molecule has 0 saturated carbocycles. The Hall–Kier alpha value is -1.09. The number of rotatable bonds is 7. The molecule has 132 valence electrons. The SMILES string of the molecule is OC(COCc1ccco1)CN1CCCN(CC(F)(F)F)CC1. The molecule has 1 fully saturated rings. The van der Waals surface area contributed by atoms with Gasteiger partial charge >= 0.3 is 6.18 Å². The van der Waals surface area contributed by atoms with Gasteiger partial charge in [-0.05, 0) is 31.6 Å². The van der Waals surface area contributed by atoms with Crippen LogP contribution < -0.4 is 0 Å². The molecule has 1 aliphatic heterocycles. The third-order valence-corrected chi connectivity index (χ3v) is 3.69. The zero-order chi connectivity index (χ0) is 16.7. The maximum Gasteiger partial charge on any atom is 0.401 e. The fraction of sp³-hybridized carbons (Fsp3) is 0.733. The van der Waals surface area contributed by atoms with Gasteiger partial charge in [-0.25, -0.2) is 0 Å². The molecule has 5 nitrogen and oxygen atoms in total. The van der Waals surface area contributed by atoms with Crippen LogP contribution in [-0.4, -0.2) is 73.1 Å². The number of furan rings is 1. The Morgan fingerprint density at radius 2 is 1.96 bits per heavy atom. The van der Waals surface area contributed by atoms with Crippen molar-refractivity contribution in [1.29, 1.82) is 0 Å². The normalized spacial score (nSPS) is 19.7. The number of aliphatic hydroxyl groups excluding tert-OH is 1. The van der Waals surface area contributed by atoms with Crippen LogP contribution in [0.4, 0.5) is 13.2 Å². The van der Waals surface area contributed by atoms with E-state index < -0.39 is 18.8 Å². The number of alkyl halides is 3. The molecule has 23 heavy (non-hydrogen) atoms. The second-order valence-corrected chi connectivity index (χ2v) is 5.79. The lowest BCUT2D eigenvalue weighted by Crippen LogP contribution is -2.39. The first-order valence-corrected chi connectivity index (χ1v) is 7.72. The minimum Gasteiger partial charge on any atom is -0.467 e. The smallest absolute Gasteiger partial charge is 0.401 e. The molecule has 0 radical (unpaired) electrons. The summed E-state index contributed by atoms with van der Waals surface area (Å²) < 4.78 is 47.7. The van der Waals surface area contributed by atoms with Crippen LogP contribution in [0, 0.1) is 0 Å². The summed E-state index contributed by atoms with van der Waals surface area (Å²) in [6.45, 7) is 2.00. The molecule has 2 heterocycles. The van der Waals surface area contributed by atoms with Gasteiger partial charge in [0, 0.05) is 19.6 Å². The fourth-order valence-electron chi connectivity index (χ4n) is 2.66. The monoisotopic (exact) mass is 336 g/mol. The van der Waals surface area contributed by atoms with Gasteiger partial charge in [-0.3, -0.25) is 9.80 Å². The van der Waals surface area contributed by atoms with E-state index in [-0.39, 0.29) is 6.61 Å². The van der Waals surface area contributed by atoms with Crippen LogP contribution in [-0.2, 0) is 11.3 Å². The molecular weight excluding hydrogens is 313 g/mol. The molecule has 1 atom stereocenters. The number of aliphatic hydroxyl groups is 1. The first-order chi connectivity index (χ1) is 10.9. The molecule has 0 spiro atoms. The largest absolute Gasteiger partial charge is 0.467 e. The number of hydrogen-bond acceptors (Lipinski definition) is 5. The van der Waals surface area contributed by atoms with E-state index in [1.165, 1.54) is 4.90 Å². The average Bonchev–Trinajstić information content (AvgIpc) is 2.87. The number of ether oxygens (including phenoxy) is 1. The van der Waals surface area contributed by atoms with Crippen molar-refractivity contribution in [1.82, 2.24) is 9.80 Å². The van der Waals surface area contributed by atoms with Crippen molar-refractivity contribution in [2.24, 2.45) is 0 Å². The average molecular weight is 336 g/mol. The molecule has 2 rings (SSSR count). The molecule has 8 heteroatoms. The van der Waals surface area contributed by atoms with Crippen molar-refractivity contribution < 1.29 is 27.4 Å². The lowest BCUT2D eigenvalue weighted by Gasteiger charge is -2.24. The third kappa shape index (κ3) is 7.34. The highest BCUT2D eigenvalue weighted by molar-refractivity contribution is 4.96. The predicted octanol–water partition coefficient (Wildman–Crippen LogP) is 1.73. The summed E-state index contributed by atoms with van der Waals surface area (Å²) in [4.78, 5) is 3.40. The minimum absolute atomic E-state index is 0.170. The van der Waals surface area contributed by atoms with Crippen molar-refractivity contribution in [3.8, 4) is 0 Å². The van der Waals surface area contributed by atoms with Gasteiger partial charge in [0.2, 0.25) is 0 Å². The maximum atomic E-state index is 12.4. The van der Waals surface area contributed by atoms with Crippen LogP contribution in [0.3, 0.4) is 0 Å². The summed E-state index contributed by atoms with van der Waals surface area (Å²) in [5.74, 6) is 0.690. The summed E-state index contributed by atoms with van der Waals surface area (Å²) in [7, 11) is 0. The van der Waals surface area contributed by atoms with Crippen LogP contribution in [0.2, 0.25) is 0 Å². The Morgan fingerprint density at radius 1 is 1.22 bits per heavy atom. The van der Waals surface area contributed by atoms with Crippen molar-refractivity contribution in [3.63, 3.8) is 0 Å².